The number of esters is 1. The summed E-state index contributed by atoms with van der Waals surface area (Å²) in [6.45, 7) is 1.85. The number of aliphatic hydroxyl groups is 1. The van der Waals surface area contributed by atoms with Gasteiger partial charge in [0, 0.05) is 5.56 Å². The Labute approximate surface area is 139 Å². The van der Waals surface area contributed by atoms with Gasteiger partial charge in [-0.1, -0.05) is 12.1 Å². The maximum Gasteiger partial charge on any atom is 0.345 e. The highest BCUT2D eigenvalue weighted by Crippen LogP contribution is 2.47. The minimum absolute atomic E-state index is 0.198. The molecule has 0 spiro atoms. The molecule has 2 aromatic rings. The maximum absolute atomic E-state index is 12.3. The Hall–Kier alpha value is -2.73. The van der Waals surface area contributed by atoms with Gasteiger partial charge in [-0.05, 0) is 30.7 Å². The standard InChI is InChI=1S/C18H18O6/c1-10-8-15(23-4)12(9-14(10)22-3)18(20)11-6-5-7-13(21-2)16(11)17(19)24-18/h5-9,20H,1-4H3. The lowest BCUT2D eigenvalue weighted by atomic mass is 9.93. The summed E-state index contributed by atoms with van der Waals surface area (Å²) in [7, 11) is 4.47. The Balaban J connectivity index is 2.27. The van der Waals surface area contributed by atoms with Crippen molar-refractivity contribution in [3.63, 3.8) is 0 Å². The van der Waals surface area contributed by atoms with Crippen LogP contribution in [0.1, 0.15) is 27.0 Å². The molecule has 24 heavy (non-hydrogen) atoms. The number of carbonyl (C=O) groups excluding carboxylic acids is 1. The number of hydrogen-bond donors (Lipinski definition) is 1. The first-order valence-electron chi connectivity index (χ1n) is 7.32. The van der Waals surface area contributed by atoms with Crippen LogP contribution in [0.3, 0.4) is 0 Å². The number of benzene rings is 2. The zero-order chi connectivity index (χ0) is 17.5. The smallest absolute Gasteiger partial charge is 0.345 e. The molecule has 1 aliphatic heterocycles. The molecule has 0 aliphatic carbocycles. The summed E-state index contributed by atoms with van der Waals surface area (Å²) in [6.07, 6.45) is 0. The minimum atomic E-state index is -1.98. The molecule has 126 valence electrons. The van der Waals surface area contributed by atoms with Crippen LogP contribution in [0, 0.1) is 6.92 Å². The molecule has 3 rings (SSSR count). The fourth-order valence-corrected chi connectivity index (χ4v) is 2.95. The SMILES string of the molecule is COc1cc(C2(O)OC(=O)c3c(OC)cccc32)c(OC)cc1C. The largest absolute Gasteiger partial charge is 0.496 e. The Morgan fingerprint density at radius 3 is 2.25 bits per heavy atom. The number of ether oxygens (including phenoxy) is 4. The normalized spacial score (nSPS) is 18.8. The summed E-state index contributed by atoms with van der Waals surface area (Å²) in [5, 5.41) is 11.2. The highest BCUT2D eigenvalue weighted by Gasteiger charge is 2.49. The highest BCUT2D eigenvalue weighted by atomic mass is 16.7. The van der Waals surface area contributed by atoms with E-state index in [-0.39, 0.29) is 11.1 Å². The van der Waals surface area contributed by atoms with Gasteiger partial charge < -0.3 is 24.1 Å². The first-order valence-corrected chi connectivity index (χ1v) is 7.32. The molecule has 0 amide bonds. The van der Waals surface area contributed by atoms with E-state index >= 15 is 0 Å². The average Bonchev–Trinajstić information content (AvgIpc) is 2.86. The summed E-state index contributed by atoms with van der Waals surface area (Å²) in [6, 6.07) is 8.27. The number of cyclic esters (lactones) is 1. The lowest BCUT2D eigenvalue weighted by molar-refractivity contribution is -0.130. The van der Waals surface area contributed by atoms with Crippen molar-refractivity contribution in [2.24, 2.45) is 0 Å². The number of aryl methyl sites for hydroxylation is 1. The molecule has 0 radical (unpaired) electrons. The fraction of sp³-hybridized carbons (Fsp3) is 0.278. The molecular formula is C18H18O6. The molecule has 0 aromatic heterocycles. The van der Waals surface area contributed by atoms with Crippen LogP contribution < -0.4 is 14.2 Å². The summed E-state index contributed by atoms with van der Waals surface area (Å²) in [4.78, 5) is 12.3. The lowest BCUT2D eigenvalue weighted by Gasteiger charge is -2.25. The van der Waals surface area contributed by atoms with Gasteiger partial charge in [0.15, 0.2) is 0 Å². The molecule has 0 saturated carbocycles. The summed E-state index contributed by atoms with van der Waals surface area (Å²) >= 11 is 0. The molecule has 6 nitrogen and oxygen atoms in total. The predicted octanol–water partition coefficient (Wildman–Crippen LogP) is 2.38. The first kappa shape index (κ1) is 16.1. The number of methoxy groups -OCH3 is 3. The molecule has 0 fully saturated rings. The van der Waals surface area contributed by atoms with Crippen molar-refractivity contribution in [1.29, 1.82) is 0 Å². The van der Waals surface area contributed by atoms with E-state index in [1.807, 2.05) is 6.92 Å². The quantitative estimate of drug-likeness (QED) is 0.868. The van der Waals surface area contributed by atoms with E-state index in [1.165, 1.54) is 21.3 Å². The van der Waals surface area contributed by atoms with Crippen LogP contribution in [0.15, 0.2) is 30.3 Å². The van der Waals surface area contributed by atoms with E-state index in [4.69, 9.17) is 18.9 Å². The van der Waals surface area contributed by atoms with Crippen molar-refractivity contribution in [3.05, 3.63) is 52.6 Å². The second-order valence-corrected chi connectivity index (χ2v) is 5.44. The van der Waals surface area contributed by atoms with E-state index < -0.39 is 11.8 Å². The van der Waals surface area contributed by atoms with Gasteiger partial charge in [-0.25, -0.2) is 4.79 Å². The second kappa shape index (κ2) is 5.72. The van der Waals surface area contributed by atoms with Crippen molar-refractivity contribution in [2.45, 2.75) is 12.7 Å². The van der Waals surface area contributed by atoms with Gasteiger partial charge in [-0.15, -0.1) is 0 Å². The highest BCUT2D eigenvalue weighted by molar-refractivity contribution is 5.98. The molecule has 6 heteroatoms. The number of fused-ring (bicyclic) bond motifs is 1. The third kappa shape index (κ3) is 2.18. The van der Waals surface area contributed by atoms with E-state index in [0.29, 0.717) is 22.8 Å². The fourth-order valence-electron chi connectivity index (χ4n) is 2.95. The Morgan fingerprint density at radius 2 is 1.62 bits per heavy atom. The zero-order valence-electron chi connectivity index (χ0n) is 13.9. The van der Waals surface area contributed by atoms with Gasteiger partial charge in [0.25, 0.3) is 5.79 Å². The molecule has 1 N–H and O–H groups in total. The van der Waals surface area contributed by atoms with Crippen LogP contribution in [0.2, 0.25) is 0 Å². The Bertz CT molecular complexity index is 813. The number of rotatable bonds is 4. The number of carbonyl (C=O) groups is 1. The second-order valence-electron chi connectivity index (χ2n) is 5.44. The molecule has 0 saturated heterocycles. The molecule has 1 unspecified atom stereocenters. The molecular weight excluding hydrogens is 312 g/mol. The van der Waals surface area contributed by atoms with Crippen LogP contribution in [0.25, 0.3) is 0 Å². The molecule has 1 atom stereocenters. The molecule has 2 aromatic carbocycles. The Morgan fingerprint density at radius 1 is 0.958 bits per heavy atom. The van der Waals surface area contributed by atoms with Crippen molar-refractivity contribution >= 4 is 5.97 Å². The van der Waals surface area contributed by atoms with Crippen molar-refractivity contribution in [1.82, 2.24) is 0 Å². The van der Waals surface area contributed by atoms with Crippen LogP contribution in [0.5, 0.6) is 17.2 Å². The van der Waals surface area contributed by atoms with E-state index in [0.717, 1.165) is 5.56 Å². The lowest BCUT2D eigenvalue weighted by Crippen LogP contribution is -2.28. The van der Waals surface area contributed by atoms with Crippen LogP contribution in [-0.4, -0.2) is 32.4 Å². The van der Waals surface area contributed by atoms with E-state index in [1.54, 1.807) is 30.3 Å². The topological polar surface area (TPSA) is 74.2 Å². The summed E-state index contributed by atoms with van der Waals surface area (Å²) < 4.78 is 21.2. The van der Waals surface area contributed by atoms with Gasteiger partial charge in [0.05, 0.1) is 26.9 Å². The van der Waals surface area contributed by atoms with Crippen molar-refractivity contribution in [2.75, 3.05) is 21.3 Å². The van der Waals surface area contributed by atoms with Crippen molar-refractivity contribution in [3.8, 4) is 17.2 Å². The van der Waals surface area contributed by atoms with Gasteiger partial charge in [0.2, 0.25) is 0 Å². The van der Waals surface area contributed by atoms with Crippen LogP contribution >= 0.6 is 0 Å². The van der Waals surface area contributed by atoms with E-state index in [9.17, 15) is 9.90 Å². The summed E-state index contributed by atoms with van der Waals surface area (Å²) in [5.41, 5.74) is 1.62. The maximum atomic E-state index is 12.3. The first-order chi connectivity index (χ1) is 11.5. The molecule has 0 bridgehead atoms. The van der Waals surface area contributed by atoms with Gasteiger partial charge in [-0.2, -0.15) is 0 Å². The number of hydrogen-bond acceptors (Lipinski definition) is 6. The Kier molecular flexibility index (Phi) is 3.85. The summed E-state index contributed by atoms with van der Waals surface area (Å²) in [5.74, 6) is -1.36. The van der Waals surface area contributed by atoms with E-state index in [2.05, 4.69) is 0 Å². The van der Waals surface area contributed by atoms with Crippen molar-refractivity contribution < 1.29 is 28.8 Å². The van der Waals surface area contributed by atoms with Crippen LogP contribution in [-0.2, 0) is 10.5 Å². The molecule has 1 aliphatic rings. The third-order valence-electron chi connectivity index (χ3n) is 4.14. The monoisotopic (exact) mass is 330 g/mol. The third-order valence-corrected chi connectivity index (χ3v) is 4.14. The minimum Gasteiger partial charge on any atom is -0.496 e. The molecule has 1 heterocycles. The van der Waals surface area contributed by atoms with Crippen LogP contribution in [0.4, 0.5) is 0 Å². The predicted molar refractivity (Wildman–Crippen MR) is 85.7 cm³/mol. The zero-order valence-corrected chi connectivity index (χ0v) is 13.9. The average molecular weight is 330 g/mol. The van der Waals surface area contributed by atoms with Gasteiger partial charge >= 0.3 is 5.97 Å². The van der Waals surface area contributed by atoms with Gasteiger partial charge in [-0.3, -0.25) is 0 Å². The van der Waals surface area contributed by atoms with Gasteiger partial charge in [0.1, 0.15) is 22.8 Å².